The van der Waals surface area contributed by atoms with E-state index in [0.717, 1.165) is 31.6 Å². The molecule has 0 aromatic carbocycles. The lowest BCUT2D eigenvalue weighted by molar-refractivity contribution is -0.0284. The zero-order valence-corrected chi connectivity index (χ0v) is 12.1. The predicted molar refractivity (Wildman–Crippen MR) is 75.0 cm³/mol. The van der Waals surface area contributed by atoms with E-state index in [2.05, 4.69) is 12.2 Å². The molecule has 4 nitrogen and oxygen atoms in total. The second-order valence-corrected chi connectivity index (χ2v) is 6.43. The Bertz CT molecular complexity index is 250. The van der Waals surface area contributed by atoms with Gasteiger partial charge in [0.2, 0.25) is 0 Å². The third kappa shape index (κ3) is 5.78. The van der Waals surface area contributed by atoms with Crippen molar-refractivity contribution in [1.82, 2.24) is 5.32 Å². The first-order valence-corrected chi connectivity index (χ1v) is 7.83. The van der Waals surface area contributed by atoms with Gasteiger partial charge in [0.25, 0.3) is 0 Å². The quantitative estimate of drug-likeness (QED) is 0.623. The molecule has 0 spiro atoms. The van der Waals surface area contributed by atoms with E-state index in [-0.39, 0.29) is 6.10 Å². The summed E-state index contributed by atoms with van der Waals surface area (Å²) in [4.78, 5) is 0. The van der Waals surface area contributed by atoms with E-state index >= 15 is 0 Å². The smallest absolute Gasteiger partial charge is 0.0897 e. The monoisotopic (exact) mass is 271 g/mol. The summed E-state index contributed by atoms with van der Waals surface area (Å²) in [5.41, 5.74) is 0. The van der Waals surface area contributed by atoms with Crippen molar-refractivity contribution in [2.24, 2.45) is 11.8 Å². The van der Waals surface area contributed by atoms with E-state index in [9.17, 15) is 10.2 Å². The third-order valence-corrected chi connectivity index (χ3v) is 4.39. The van der Waals surface area contributed by atoms with Crippen molar-refractivity contribution in [3.63, 3.8) is 0 Å². The Morgan fingerprint density at radius 1 is 1.05 bits per heavy atom. The van der Waals surface area contributed by atoms with Crippen molar-refractivity contribution in [1.29, 1.82) is 0 Å². The molecule has 0 heterocycles. The number of aliphatic hydroxyl groups excluding tert-OH is 2. The Morgan fingerprint density at radius 2 is 1.74 bits per heavy atom. The number of rotatable bonds is 8. The molecule has 0 bridgehead atoms. The van der Waals surface area contributed by atoms with Crippen LogP contribution in [0, 0.1) is 11.8 Å². The standard InChI is InChI=1S/C15H29NO3/c1-11-2-6-14(7-3-11)19-10-13(17)8-16-9-15(18)12-4-5-12/h11-18H,2-10H2,1H3. The predicted octanol–water partition coefficient (Wildman–Crippen LogP) is 1.30. The van der Waals surface area contributed by atoms with E-state index in [0.29, 0.717) is 31.7 Å². The summed E-state index contributed by atoms with van der Waals surface area (Å²) in [7, 11) is 0. The maximum absolute atomic E-state index is 9.83. The average Bonchev–Trinajstić information content (AvgIpc) is 3.22. The second-order valence-electron chi connectivity index (χ2n) is 6.43. The fraction of sp³-hybridized carbons (Fsp3) is 1.00. The number of aliphatic hydroxyl groups is 2. The summed E-state index contributed by atoms with van der Waals surface area (Å²) in [6.07, 6.45) is 6.66. The molecule has 0 aromatic rings. The van der Waals surface area contributed by atoms with E-state index in [1.54, 1.807) is 0 Å². The number of ether oxygens (including phenoxy) is 1. The van der Waals surface area contributed by atoms with Crippen LogP contribution in [0.1, 0.15) is 45.4 Å². The Hall–Kier alpha value is -0.160. The molecule has 2 fully saturated rings. The van der Waals surface area contributed by atoms with Gasteiger partial charge in [-0.2, -0.15) is 0 Å². The van der Waals surface area contributed by atoms with E-state index < -0.39 is 6.10 Å². The normalized spacial score (nSPS) is 31.1. The molecule has 3 N–H and O–H groups in total. The maximum Gasteiger partial charge on any atom is 0.0897 e. The van der Waals surface area contributed by atoms with Crippen LogP contribution in [0.4, 0.5) is 0 Å². The Balaban J connectivity index is 1.48. The van der Waals surface area contributed by atoms with Gasteiger partial charge >= 0.3 is 0 Å². The summed E-state index contributed by atoms with van der Waals surface area (Å²) in [5.74, 6) is 1.32. The molecule has 2 unspecified atom stereocenters. The van der Waals surface area contributed by atoms with Gasteiger partial charge in [-0.1, -0.05) is 6.92 Å². The lowest BCUT2D eigenvalue weighted by atomic mass is 9.89. The van der Waals surface area contributed by atoms with Crippen molar-refractivity contribution in [3.05, 3.63) is 0 Å². The van der Waals surface area contributed by atoms with Gasteiger partial charge in [0.15, 0.2) is 0 Å². The second kappa shape index (κ2) is 7.58. The van der Waals surface area contributed by atoms with Crippen LogP contribution in [0.3, 0.4) is 0 Å². The van der Waals surface area contributed by atoms with Crippen LogP contribution in [-0.2, 0) is 4.74 Å². The lowest BCUT2D eigenvalue weighted by Gasteiger charge is -2.27. The summed E-state index contributed by atoms with van der Waals surface area (Å²) >= 11 is 0. The van der Waals surface area contributed by atoms with Crippen LogP contribution >= 0.6 is 0 Å². The highest BCUT2D eigenvalue weighted by Gasteiger charge is 2.29. The van der Waals surface area contributed by atoms with E-state index in [1.807, 2.05) is 0 Å². The fourth-order valence-corrected chi connectivity index (χ4v) is 2.75. The minimum Gasteiger partial charge on any atom is -0.392 e. The largest absolute Gasteiger partial charge is 0.392 e. The molecular weight excluding hydrogens is 242 g/mol. The van der Waals surface area contributed by atoms with Crippen molar-refractivity contribution in [3.8, 4) is 0 Å². The molecule has 2 rings (SSSR count). The molecular formula is C15H29NO3. The molecule has 112 valence electrons. The van der Waals surface area contributed by atoms with Crippen molar-refractivity contribution >= 4 is 0 Å². The third-order valence-electron chi connectivity index (χ3n) is 4.39. The maximum atomic E-state index is 9.83. The summed E-state index contributed by atoms with van der Waals surface area (Å²) < 4.78 is 5.76. The molecule has 19 heavy (non-hydrogen) atoms. The highest BCUT2D eigenvalue weighted by molar-refractivity contribution is 4.82. The zero-order valence-electron chi connectivity index (χ0n) is 12.1. The van der Waals surface area contributed by atoms with Gasteiger partial charge in [-0.3, -0.25) is 0 Å². The molecule has 4 heteroatoms. The molecule has 2 aliphatic rings. The van der Waals surface area contributed by atoms with Crippen LogP contribution in [0.25, 0.3) is 0 Å². The number of nitrogens with one attached hydrogen (secondary N) is 1. The Labute approximate surface area is 116 Å². The average molecular weight is 271 g/mol. The molecule has 2 atom stereocenters. The first-order chi connectivity index (χ1) is 9.15. The van der Waals surface area contributed by atoms with E-state index in [1.165, 1.54) is 12.8 Å². The first-order valence-electron chi connectivity index (χ1n) is 7.83. The highest BCUT2D eigenvalue weighted by Crippen LogP contribution is 2.32. The molecule has 2 saturated carbocycles. The van der Waals surface area contributed by atoms with Gasteiger partial charge in [-0.05, 0) is 50.4 Å². The van der Waals surface area contributed by atoms with Crippen LogP contribution in [-0.4, -0.2) is 48.2 Å². The summed E-state index contributed by atoms with van der Waals surface area (Å²) in [5, 5.41) is 22.6. The molecule has 0 saturated heterocycles. The van der Waals surface area contributed by atoms with E-state index in [4.69, 9.17) is 4.74 Å². The van der Waals surface area contributed by atoms with Gasteiger partial charge in [0, 0.05) is 13.1 Å². The number of hydrogen-bond acceptors (Lipinski definition) is 4. The Kier molecular flexibility index (Phi) is 6.07. The van der Waals surface area contributed by atoms with Crippen molar-refractivity contribution in [2.75, 3.05) is 19.7 Å². The summed E-state index contributed by atoms with van der Waals surface area (Å²) in [6, 6.07) is 0. The van der Waals surface area contributed by atoms with Gasteiger partial charge in [0.1, 0.15) is 0 Å². The number of hydrogen-bond donors (Lipinski definition) is 3. The van der Waals surface area contributed by atoms with Crippen LogP contribution in [0.2, 0.25) is 0 Å². The van der Waals surface area contributed by atoms with Crippen LogP contribution < -0.4 is 5.32 Å². The molecule has 0 radical (unpaired) electrons. The SMILES string of the molecule is CC1CCC(OCC(O)CNCC(O)C2CC2)CC1. The van der Waals surface area contributed by atoms with Crippen molar-refractivity contribution in [2.45, 2.75) is 63.8 Å². The van der Waals surface area contributed by atoms with Crippen molar-refractivity contribution < 1.29 is 14.9 Å². The fourth-order valence-electron chi connectivity index (χ4n) is 2.75. The minimum atomic E-state index is -0.467. The molecule has 0 aromatic heterocycles. The van der Waals surface area contributed by atoms with Gasteiger partial charge in [-0.15, -0.1) is 0 Å². The lowest BCUT2D eigenvalue weighted by Crippen LogP contribution is -2.37. The highest BCUT2D eigenvalue weighted by atomic mass is 16.5. The van der Waals surface area contributed by atoms with Crippen LogP contribution in [0.5, 0.6) is 0 Å². The summed E-state index contributed by atoms with van der Waals surface area (Å²) in [6.45, 7) is 3.79. The zero-order chi connectivity index (χ0) is 13.7. The van der Waals surface area contributed by atoms with Gasteiger partial charge in [0.05, 0.1) is 24.9 Å². The molecule has 0 amide bonds. The minimum absolute atomic E-state index is 0.243. The molecule has 2 aliphatic carbocycles. The topological polar surface area (TPSA) is 61.7 Å². The molecule has 0 aliphatic heterocycles. The van der Waals surface area contributed by atoms with Crippen LogP contribution in [0.15, 0.2) is 0 Å². The van der Waals surface area contributed by atoms with Gasteiger partial charge in [-0.25, -0.2) is 0 Å². The van der Waals surface area contributed by atoms with Gasteiger partial charge < -0.3 is 20.3 Å². The first kappa shape index (κ1) is 15.2. The Morgan fingerprint density at radius 3 is 2.37 bits per heavy atom.